The van der Waals surface area contributed by atoms with Gasteiger partial charge in [-0.2, -0.15) is 9.40 Å². The van der Waals surface area contributed by atoms with Gasteiger partial charge in [0.25, 0.3) is 15.9 Å². The summed E-state index contributed by atoms with van der Waals surface area (Å²) in [6.45, 7) is 6.44. The molecule has 1 aromatic heterocycles. The molecular weight excluding hydrogens is 466 g/mol. The average molecular weight is 494 g/mol. The Morgan fingerprint density at radius 3 is 2.39 bits per heavy atom. The third-order valence-electron chi connectivity index (χ3n) is 6.23. The van der Waals surface area contributed by atoms with Crippen molar-refractivity contribution in [1.82, 2.24) is 19.0 Å². The highest BCUT2D eigenvalue weighted by molar-refractivity contribution is 7.89. The number of anilines is 1. The third kappa shape index (κ3) is 4.78. The van der Waals surface area contributed by atoms with Crippen molar-refractivity contribution in [2.24, 2.45) is 0 Å². The zero-order chi connectivity index (χ0) is 23.8. The molecule has 2 aromatic rings. The lowest BCUT2D eigenvalue weighted by molar-refractivity contribution is -0.120. The van der Waals surface area contributed by atoms with Crippen LogP contribution in [0.15, 0.2) is 29.4 Å². The normalized spacial score (nSPS) is 18.1. The van der Waals surface area contributed by atoms with Crippen molar-refractivity contribution in [2.45, 2.75) is 38.3 Å². The van der Waals surface area contributed by atoms with E-state index in [1.54, 1.807) is 0 Å². The summed E-state index contributed by atoms with van der Waals surface area (Å²) < 4.78 is 29.9. The number of nitrogens with zero attached hydrogens (tertiary/aromatic N) is 5. The fourth-order valence-corrected chi connectivity index (χ4v) is 5.93. The first-order chi connectivity index (χ1) is 15.7. The van der Waals surface area contributed by atoms with Crippen molar-refractivity contribution >= 4 is 39.0 Å². The minimum absolute atomic E-state index is 0.0688. The maximum atomic E-state index is 13.5. The van der Waals surface area contributed by atoms with Crippen molar-refractivity contribution < 1.29 is 18.0 Å². The van der Waals surface area contributed by atoms with Gasteiger partial charge in [0.15, 0.2) is 0 Å². The summed E-state index contributed by atoms with van der Waals surface area (Å²) in [6, 6.07) is 5.68. The largest absolute Gasteiger partial charge is 0.369 e. The second kappa shape index (κ2) is 9.44. The Balaban J connectivity index is 1.55. The number of piperazine rings is 1. The number of rotatable bonds is 5. The van der Waals surface area contributed by atoms with Gasteiger partial charge in [0.05, 0.1) is 5.56 Å². The van der Waals surface area contributed by atoms with E-state index in [0.29, 0.717) is 50.6 Å². The summed E-state index contributed by atoms with van der Waals surface area (Å²) in [5.74, 6) is -0.280. The molecule has 0 saturated carbocycles. The number of hydrogen-bond donors (Lipinski definition) is 0. The van der Waals surface area contributed by atoms with E-state index >= 15 is 0 Å². The Bertz CT molecular complexity index is 1160. The van der Waals surface area contributed by atoms with Crippen LogP contribution < -0.4 is 4.90 Å². The molecule has 1 aromatic carbocycles. The van der Waals surface area contributed by atoms with Crippen LogP contribution in [0.4, 0.5) is 5.69 Å². The number of carbonyl (C=O) groups excluding carboxylic acids is 2. The Hall–Kier alpha value is -2.43. The number of piperidine rings is 1. The number of aromatic nitrogens is 2. The van der Waals surface area contributed by atoms with Crippen molar-refractivity contribution in [3.63, 3.8) is 0 Å². The van der Waals surface area contributed by atoms with Crippen LogP contribution in [-0.4, -0.2) is 78.4 Å². The molecule has 11 heteroatoms. The van der Waals surface area contributed by atoms with Crippen LogP contribution in [0.25, 0.3) is 0 Å². The number of sulfonamides is 1. The number of amides is 1. The van der Waals surface area contributed by atoms with E-state index in [9.17, 15) is 18.0 Å². The maximum Gasteiger partial charge on any atom is 0.263 e. The number of halogens is 1. The zero-order valence-electron chi connectivity index (χ0n) is 18.8. The first-order valence-corrected chi connectivity index (χ1v) is 12.9. The zero-order valence-corrected chi connectivity index (χ0v) is 20.4. The number of benzene rings is 1. The lowest BCUT2D eigenvalue weighted by Crippen LogP contribution is -2.49. The topological polar surface area (TPSA) is 95.8 Å². The second-order valence-electron chi connectivity index (χ2n) is 8.36. The molecule has 0 radical (unpaired) electrons. The predicted molar refractivity (Wildman–Crippen MR) is 125 cm³/mol. The quantitative estimate of drug-likeness (QED) is 0.633. The van der Waals surface area contributed by atoms with E-state index in [4.69, 9.17) is 11.6 Å². The van der Waals surface area contributed by atoms with E-state index in [1.807, 2.05) is 32.0 Å². The number of hydrogen-bond acceptors (Lipinski definition) is 6. The van der Waals surface area contributed by atoms with Gasteiger partial charge in [-0.3, -0.25) is 14.3 Å². The van der Waals surface area contributed by atoms with Gasteiger partial charge in [0.2, 0.25) is 5.03 Å². The summed E-state index contributed by atoms with van der Waals surface area (Å²) >= 11 is 6.15. The highest BCUT2D eigenvalue weighted by Gasteiger charge is 2.36. The molecule has 3 heterocycles. The fraction of sp³-hybridized carbons (Fsp3) is 0.500. The van der Waals surface area contributed by atoms with Crippen molar-refractivity contribution in [3.05, 3.63) is 40.5 Å². The number of ketones is 1. The molecule has 0 spiro atoms. The van der Waals surface area contributed by atoms with Crippen LogP contribution >= 0.6 is 11.6 Å². The second-order valence-corrected chi connectivity index (χ2v) is 10.6. The number of aryl methyl sites for hydroxylation is 2. The molecule has 2 aliphatic rings. The standard InChI is InChI=1S/C22H28ClN5O4S/c1-3-27-15-19(22(30)26-8-6-18(29)7-9-26)21(24-27)33(31,32)28-12-10-25(11-13-28)20-14-17(23)5-4-16(20)2/h4-5,14-15H,3,6-13H2,1-2H3. The summed E-state index contributed by atoms with van der Waals surface area (Å²) in [4.78, 5) is 28.4. The number of likely N-dealkylation sites (tertiary alicyclic amines) is 1. The summed E-state index contributed by atoms with van der Waals surface area (Å²) in [6.07, 6.45) is 2.08. The van der Waals surface area contributed by atoms with Gasteiger partial charge in [-0.15, -0.1) is 0 Å². The molecule has 0 aliphatic carbocycles. The van der Waals surface area contributed by atoms with E-state index < -0.39 is 15.9 Å². The molecule has 4 rings (SSSR count). The molecule has 2 fully saturated rings. The molecule has 0 unspecified atom stereocenters. The fourth-order valence-electron chi connectivity index (χ4n) is 4.25. The van der Waals surface area contributed by atoms with Crippen molar-refractivity contribution in [3.8, 4) is 0 Å². The molecule has 178 valence electrons. The lowest BCUT2D eigenvalue weighted by Gasteiger charge is -2.36. The van der Waals surface area contributed by atoms with Crippen molar-refractivity contribution in [1.29, 1.82) is 0 Å². The SMILES string of the molecule is CCn1cc(C(=O)N2CCC(=O)CC2)c(S(=O)(=O)N2CCN(c3cc(Cl)ccc3C)CC2)n1. The van der Waals surface area contributed by atoms with E-state index in [2.05, 4.69) is 10.00 Å². The highest BCUT2D eigenvalue weighted by atomic mass is 35.5. The molecule has 0 bridgehead atoms. The average Bonchev–Trinajstić information content (AvgIpc) is 3.26. The van der Waals surface area contributed by atoms with Gasteiger partial charge in [0, 0.05) is 75.6 Å². The van der Waals surface area contributed by atoms with Crippen LogP contribution in [0.3, 0.4) is 0 Å². The van der Waals surface area contributed by atoms with Crippen LogP contribution in [0.2, 0.25) is 5.02 Å². The number of Topliss-reactive ketones (excluding diaryl/α,β-unsaturated/α-hetero) is 1. The lowest BCUT2D eigenvalue weighted by atomic mass is 10.1. The van der Waals surface area contributed by atoms with Gasteiger partial charge >= 0.3 is 0 Å². The minimum atomic E-state index is -3.97. The Labute approximate surface area is 198 Å². The van der Waals surface area contributed by atoms with Gasteiger partial charge < -0.3 is 9.80 Å². The first kappa shape index (κ1) is 23.7. The molecule has 9 nitrogen and oxygen atoms in total. The van der Waals surface area contributed by atoms with Crippen LogP contribution in [0.1, 0.15) is 35.7 Å². The van der Waals surface area contributed by atoms with Gasteiger partial charge in [-0.1, -0.05) is 17.7 Å². The van der Waals surface area contributed by atoms with Crippen molar-refractivity contribution in [2.75, 3.05) is 44.2 Å². The van der Waals surface area contributed by atoms with Crippen LogP contribution in [0.5, 0.6) is 0 Å². The molecule has 2 aliphatic heterocycles. The van der Waals surface area contributed by atoms with Crippen LogP contribution in [0, 0.1) is 6.92 Å². The molecule has 0 N–H and O–H groups in total. The molecular formula is C22H28ClN5O4S. The Kier molecular flexibility index (Phi) is 6.78. The summed E-state index contributed by atoms with van der Waals surface area (Å²) in [7, 11) is -3.97. The third-order valence-corrected chi connectivity index (χ3v) is 8.30. The van der Waals surface area contributed by atoms with Gasteiger partial charge in [-0.05, 0) is 31.5 Å². The maximum absolute atomic E-state index is 13.5. The Morgan fingerprint density at radius 2 is 1.76 bits per heavy atom. The molecule has 0 atom stereocenters. The highest BCUT2D eigenvalue weighted by Crippen LogP contribution is 2.28. The molecule has 1 amide bonds. The monoisotopic (exact) mass is 493 g/mol. The predicted octanol–water partition coefficient (Wildman–Crippen LogP) is 2.18. The molecule has 2 saturated heterocycles. The van der Waals surface area contributed by atoms with E-state index in [-0.39, 0.29) is 29.5 Å². The van der Waals surface area contributed by atoms with Gasteiger partial charge in [0.1, 0.15) is 5.78 Å². The summed E-state index contributed by atoms with van der Waals surface area (Å²) in [5, 5.41) is 4.68. The summed E-state index contributed by atoms with van der Waals surface area (Å²) in [5.41, 5.74) is 2.13. The van der Waals surface area contributed by atoms with Crippen LogP contribution in [-0.2, 0) is 21.4 Å². The van der Waals surface area contributed by atoms with E-state index in [1.165, 1.54) is 20.1 Å². The molecule has 33 heavy (non-hydrogen) atoms. The van der Waals surface area contributed by atoms with Gasteiger partial charge in [-0.25, -0.2) is 8.42 Å². The smallest absolute Gasteiger partial charge is 0.263 e. The number of carbonyl (C=O) groups is 2. The minimum Gasteiger partial charge on any atom is -0.369 e. The van der Waals surface area contributed by atoms with E-state index in [0.717, 1.165) is 11.3 Å². The Morgan fingerprint density at radius 1 is 1.09 bits per heavy atom. The first-order valence-electron chi connectivity index (χ1n) is 11.1.